The number of benzene rings is 4. The molecule has 4 aromatic rings. The second-order valence-electron chi connectivity index (χ2n) is 12.3. The third kappa shape index (κ3) is 8.90. The van der Waals surface area contributed by atoms with Gasteiger partial charge >= 0.3 is 0 Å². The molecule has 1 unspecified atom stereocenters. The highest BCUT2D eigenvalue weighted by Gasteiger charge is 2.35. The van der Waals surface area contributed by atoms with Gasteiger partial charge in [0.05, 0.1) is 20.6 Å². The van der Waals surface area contributed by atoms with Crippen LogP contribution in [0.15, 0.2) is 102 Å². The number of rotatable bonds is 11. The fraction of sp³-hybridized carbons (Fsp3) is 0.278. The summed E-state index contributed by atoms with van der Waals surface area (Å²) in [5, 5.41) is 3.68. The number of sulfonamides is 1. The third-order valence-corrected chi connectivity index (χ3v) is 10.0. The van der Waals surface area contributed by atoms with Crippen molar-refractivity contribution in [2.75, 3.05) is 10.8 Å². The Bertz CT molecular complexity index is 1790. The van der Waals surface area contributed by atoms with E-state index in [1.54, 1.807) is 48.5 Å². The second-order valence-corrected chi connectivity index (χ2v) is 15.0. The number of nitrogens with zero attached hydrogens (tertiary/aromatic N) is 2. The number of amides is 2. The highest BCUT2D eigenvalue weighted by molar-refractivity contribution is 7.92. The maximum atomic E-state index is 14.6. The molecule has 4 aromatic carbocycles. The molecule has 242 valence electrons. The lowest BCUT2D eigenvalue weighted by Gasteiger charge is -2.35. The molecule has 0 aromatic heterocycles. The quantitative estimate of drug-likeness (QED) is 0.179. The predicted molar refractivity (Wildman–Crippen MR) is 186 cm³/mol. The van der Waals surface area contributed by atoms with E-state index in [2.05, 4.69) is 5.32 Å². The van der Waals surface area contributed by atoms with E-state index in [0.29, 0.717) is 21.3 Å². The first-order chi connectivity index (χ1) is 21.7. The Balaban J connectivity index is 1.84. The number of anilines is 1. The van der Waals surface area contributed by atoms with E-state index in [9.17, 15) is 18.0 Å². The van der Waals surface area contributed by atoms with Crippen molar-refractivity contribution in [3.05, 3.63) is 129 Å². The number of nitrogens with one attached hydrogen (secondary N) is 1. The lowest BCUT2D eigenvalue weighted by molar-refractivity contribution is -0.140. The topological polar surface area (TPSA) is 86.8 Å². The van der Waals surface area contributed by atoms with Crippen LogP contribution in [0.2, 0.25) is 10.0 Å². The van der Waals surface area contributed by atoms with Gasteiger partial charge in [0.25, 0.3) is 10.0 Å². The summed E-state index contributed by atoms with van der Waals surface area (Å²) in [5.41, 5.74) is 3.08. The van der Waals surface area contributed by atoms with E-state index >= 15 is 0 Å². The van der Waals surface area contributed by atoms with Crippen LogP contribution in [0.3, 0.4) is 0 Å². The van der Waals surface area contributed by atoms with Crippen molar-refractivity contribution >= 4 is 50.7 Å². The fourth-order valence-electron chi connectivity index (χ4n) is 4.97. The smallest absolute Gasteiger partial charge is 0.264 e. The molecular weight excluding hydrogens is 641 g/mol. The minimum atomic E-state index is -4.18. The standard InChI is InChI=1S/C36H39Cl2N3O4S/c1-25-16-18-29(20-26(25)2)41(46(44,45)30-14-10-7-11-15-30)24-34(42)40(23-28-17-19-31(37)32(38)21-28)33(35(43)39-36(3,4)5)22-27-12-8-6-9-13-27/h6-21,33H,22-24H2,1-5H3,(H,39,43). The van der Waals surface area contributed by atoms with Crippen LogP contribution < -0.4 is 9.62 Å². The highest BCUT2D eigenvalue weighted by Crippen LogP contribution is 2.28. The van der Waals surface area contributed by atoms with Crippen LogP contribution >= 0.6 is 23.2 Å². The monoisotopic (exact) mass is 679 g/mol. The minimum Gasteiger partial charge on any atom is -0.350 e. The van der Waals surface area contributed by atoms with E-state index < -0.39 is 34.1 Å². The van der Waals surface area contributed by atoms with Crippen LogP contribution in [0.5, 0.6) is 0 Å². The van der Waals surface area contributed by atoms with E-state index in [1.807, 2.05) is 71.0 Å². The van der Waals surface area contributed by atoms with Gasteiger partial charge in [0.15, 0.2) is 0 Å². The van der Waals surface area contributed by atoms with Crippen molar-refractivity contribution in [2.45, 2.75) is 64.1 Å². The molecule has 1 atom stereocenters. The molecular formula is C36H39Cl2N3O4S. The predicted octanol–water partition coefficient (Wildman–Crippen LogP) is 7.36. The number of carbonyl (C=O) groups is 2. The molecule has 2 amide bonds. The van der Waals surface area contributed by atoms with Crippen molar-refractivity contribution in [3.8, 4) is 0 Å². The first kappa shape index (κ1) is 35.0. The lowest BCUT2D eigenvalue weighted by atomic mass is 10.0. The van der Waals surface area contributed by atoms with E-state index in [0.717, 1.165) is 21.0 Å². The molecule has 0 radical (unpaired) electrons. The van der Waals surface area contributed by atoms with Crippen LogP contribution in [0, 0.1) is 13.8 Å². The fourth-order valence-corrected chi connectivity index (χ4v) is 6.72. The molecule has 0 saturated heterocycles. The average molecular weight is 681 g/mol. The highest BCUT2D eigenvalue weighted by atomic mass is 35.5. The van der Waals surface area contributed by atoms with Gasteiger partial charge in [0.2, 0.25) is 11.8 Å². The molecule has 10 heteroatoms. The van der Waals surface area contributed by atoms with Gasteiger partial charge < -0.3 is 10.2 Å². The number of hydrogen-bond acceptors (Lipinski definition) is 4. The molecule has 4 rings (SSSR count). The van der Waals surface area contributed by atoms with Gasteiger partial charge in [-0.15, -0.1) is 0 Å². The maximum absolute atomic E-state index is 14.6. The summed E-state index contributed by atoms with van der Waals surface area (Å²) >= 11 is 12.5. The third-order valence-electron chi connectivity index (χ3n) is 7.49. The molecule has 1 N–H and O–H groups in total. The van der Waals surface area contributed by atoms with E-state index in [-0.39, 0.29) is 23.8 Å². The van der Waals surface area contributed by atoms with Crippen molar-refractivity contribution in [3.63, 3.8) is 0 Å². The molecule has 0 fully saturated rings. The Morgan fingerprint density at radius 2 is 1.41 bits per heavy atom. The molecule has 46 heavy (non-hydrogen) atoms. The number of aryl methyl sites for hydroxylation is 2. The second kappa shape index (κ2) is 14.7. The zero-order chi connectivity index (χ0) is 33.6. The Morgan fingerprint density at radius 1 is 0.783 bits per heavy atom. The molecule has 0 aliphatic carbocycles. The van der Waals surface area contributed by atoms with Crippen molar-refractivity contribution in [1.82, 2.24) is 10.2 Å². The summed E-state index contributed by atoms with van der Waals surface area (Å²) in [6.45, 7) is 8.85. The van der Waals surface area contributed by atoms with Gasteiger partial charge in [-0.3, -0.25) is 13.9 Å². The van der Waals surface area contributed by atoms with Crippen LogP contribution in [-0.2, 0) is 32.6 Å². The van der Waals surface area contributed by atoms with Crippen LogP contribution in [0.1, 0.15) is 43.0 Å². The Labute approximate surface area is 282 Å². The van der Waals surface area contributed by atoms with Gasteiger partial charge in [0, 0.05) is 18.5 Å². The van der Waals surface area contributed by atoms with Gasteiger partial charge in [0.1, 0.15) is 12.6 Å². The largest absolute Gasteiger partial charge is 0.350 e. The van der Waals surface area contributed by atoms with E-state index in [4.69, 9.17) is 23.2 Å². The Kier molecular flexibility index (Phi) is 11.2. The maximum Gasteiger partial charge on any atom is 0.264 e. The summed E-state index contributed by atoms with van der Waals surface area (Å²) in [6.07, 6.45) is 0.199. The SMILES string of the molecule is Cc1ccc(N(CC(=O)N(Cc2ccc(Cl)c(Cl)c2)C(Cc2ccccc2)C(=O)NC(C)(C)C)S(=O)(=O)c2ccccc2)cc1C. The first-order valence-electron chi connectivity index (χ1n) is 14.9. The van der Waals surface area contributed by atoms with Crippen molar-refractivity contribution in [1.29, 1.82) is 0 Å². The number of hydrogen-bond donors (Lipinski definition) is 1. The zero-order valence-electron chi connectivity index (χ0n) is 26.6. The van der Waals surface area contributed by atoms with Gasteiger partial charge in [-0.2, -0.15) is 0 Å². The first-order valence-corrected chi connectivity index (χ1v) is 17.1. The average Bonchev–Trinajstić information content (AvgIpc) is 3.00. The van der Waals surface area contributed by atoms with Crippen LogP contribution in [-0.4, -0.2) is 43.3 Å². The van der Waals surface area contributed by atoms with Gasteiger partial charge in [-0.25, -0.2) is 8.42 Å². The zero-order valence-corrected chi connectivity index (χ0v) is 29.0. The molecule has 0 bridgehead atoms. The van der Waals surface area contributed by atoms with Crippen LogP contribution in [0.4, 0.5) is 5.69 Å². The molecule has 7 nitrogen and oxygen atoms in total. The number of carbonyl (C=O) groups excluding carboxylic acids is 2. The Morgan fingerprint density at radius 3 is 2.00 bits per heavy atom. The minimum absolute atomic E-state index is 0.0169. The molecule has 0 spiro atoms. The lowest BCUT2D eigenvalue weighted by Crippen LogP contribution is -2.56. The number of halogens is 2. The van der Waals surface area contributed by atoms with Crippen molar-refractivity contribution < 1.29 is 18.0 Å². The van der Waals surface area contributed by atoms with Crippen molar-refractivity contribution in [2.24, 2.45) is 0 Å². The molecule has 0 aliphatic rings. The summed E-state index contributed by atoms with van der Waals surface area (Å²) in [7, 11) is -4.18. The normalized spacial score (nSPS) is 12.3. The molecule has 0 heterocycles. The Hall–Kier alpha value is -3.85. The van der Waals surface area contributed by atoms with E-state index in [1.165, 1.54) is 17.0 Å². The van der Waals surface area contributed by atoms with Crippen LogP contribution in [0.25, 0.3) is 0 Å². The summed E-state index contributed by atoms with van der Waals surface area (Å²) in [6, 6.07) is 26.7. The summed E-state index contributed by atoms with van der Waals surface area (Å²) in [4.78, 5) is 30.1. The molecule has 0 saturated carbocycles. The van der Waals surface area contributed by atoms with Gasteiger partial charge in [-0.05, 0) is 93.3 Å². The summed E-state index contributed by atoms with van der Waals surface area (Å²) < 4.78 is 29.4. The van der Waals surface area contributed by atoms with Gasteiger partial charge in [-0.1, -0.05) is 83.9 Å². The summed E-state index contributed by atoms with van der Waals surface area (Å²) in [5.74, 6) is -0.929. The molecule has 0 aliphatic heterocycles.